The molecule has 2 amide bonds. The molecule has 2 aliphatic heterocycles. The Morgan fingerprint density at radius 2 is 1.09 bits per heavy atom. The minimum absolute atomic E-state index is 0.00245. The first-order valence-corrected chi connectivity index (χ1v) is 15.7. The molecule has 0 N–H and O–H groups in total. The number of carbonyl (C=O) groups excluding carboxylic acids is 2. The molecule has 0 saturated carbocycles. The zero-order valence-electron chi connectivity index (χ0n) is 26.2. The van der Waals surface area contributed by atoms with Crippen molar-refractivity contribution in [2.24, 2.45) is 0 Å². The van der Waals surface area contributed by atoms with Crippen LogP contribution in [-0.2, 0) is 35.5 Å². The molecule has 7 nitrogen and oxygen atoms in total. The fourth-order valence-corrected chi connectivity index (χ4v) is 6.71. The highest BCUT2D eigenvalue weighted by Crippen LogP contribution is 2.30. The topological polar surface area (TPSA) is 62.3 Å². The van der Waals surface area contributed by atoms with Crippen LogP contribution in [0.3, 0.4) is 0 Å². The van der Waals surface area contributed by atoms with Crippen LogP contribution in [0.25, 0.3) is 0 Å². The second-order valence-electron chi connectivity index (χ2n) is 11.9. The molecule has 7 heteroatoms. The van der Waals surface area contributed by atoms with Crippen LogP contribution in [0.15, 0.2) is 97.1 Å². The van der Waals surface area contributed by atoms with Crippen molar-refractivity contribution in [1.29, 1.82) is 0 Å². The Morgan fingerprint density at radius 3 is 1.51 bits per heavy atom. The molecule has 0 aliphatic carbocycles. The zero-order chi connectivity index (χ0) is 31.2. The van der Waals surface area contributed by atoms with Crippen LogP contribution in [-0.4, -0.2) is 73.5 Å². The van der Waals surface area contributed by atoms with Crippen LogP contribution in [0, 0.1) is 0 Å². The second-order valence-corrected chi connectivity index (χ2v) is 11.9. The van der Waals surface area contributed by atoms with E-state index in [4.69, 9.17) is 9.47 Å². The van der Waals surface area contributed by atoms with Crippen LogP contribution in [0.4, 0.5) is 0 Å². The van der Waals surface area contributed by atoms with Gasteiger partial charge in [-0.3, -0.25) is 14.5 Å². The van der Waals surface area contributed by atoms with Gasteiger partial charge in [-0.25, -0.2) is 0 Å². The predicted molar refractivity (Wildman–Crippen MR) is 175 cm³/mol. The fourth-order valence-electron chi connectivity index (χ4n) is 6.71. The van der Waals surface area contributed by atoms with Gasteiger partial charge in [-0.1, -0.05) is 84.9 Å². The summed E-state index contributed by atoms with van der Waals surface area (Å²) in [4.78, 5) is 33.8. The van der Waals surface area contributed by atoms with Gasteiger partial charge in [0.15, 0.2) is 0 Å². The third kappa shape index (κ3) is 6.89. The van der Waals surface area contributed by atoms with Gasteiger partial charge in [-0.15, -0.1) is 0 Å². The molecule has 0 aromatic heterocycles. The number of nitrogens with zero attached hydrogens (tertiary/aromatic N) is 3. The molecule has 0 spiro atoms. The van der Waals surface area contributed by atoms with E-state index in [1.54, 1.807) is 14.2 Å². The lowest BCUT2D eigenvalue weighted by atomic mass is 9.90. The Kier molecular flexibility index (Phi) is 9.46. The van der Waals surface area contributed by atoms with E-state index in [1.807, 2.05) is 75.4 Å². The molecule has 6 rings (SSSR count). The molecule has 232 valence electrons. The highest BCUT2D eigenvalue weighted by Gasteiger charge is 2.30. The number of methoxy groups -OCH3 is 2. The van der Waals surface area contributed by atoms with Crippen molar-refractivity contribution < 1.29 is 19.1 Å². The van der Waals surface area contributed by atoms with Crippen molar-refractivity contribution in [2.75, 3.05) is 46.9 Å². The van der Waals surface area contributed by atoms with Crippen LogP contribution < -0.4 is 9.47 Å². The van der Waals surface area contributed by atoms with E-state index in [1.165, 1.54) is 11.1 Å². The molecule has 2 heterocycles. The summed E-state index contributed by atoms with van der Waals surface area (Å²) in [6, 6.07) is 32.9. The SMILES string of the molecule is COc1cccc2c1CN(C(=O)CN(CC(=O)N1CCc3cccc(OC)c3C1)CC(c1ccccc1)c1ccccc1)CC2. The third-order valence-corrected chi connectivity index (χ3v) is 9.17. The number of benzene rings is 4. The van der Waals surface area contributed by atoms with E-state index < -0.39 is 0 Å². The molecule has 0 radical (unpaired) electrons. The largest absolute Gasteiger partial charge is 0.496 e. The van der Waals surface area contributed by atoms with Gasteiger partial charge in [0, 0.05) is 49.8 Å². The number of carbonyl (C=O) groups is 2. The van der Waals surface area contributed by atoms with Crippen molar-refractivity contribution in [2.45, 2.75) is 31.8 Å². The quantitative estimate of drug-likeness (QED) is 0.246. The van der Waals surface area contributed by atoms with Crippen LogP contribution in [0.1, 0.15) is 39.3 Å². The van der Waals surface area contributed by atoms with E-state index in [2.05, 4.69) is 36.4 Å². The van der Waals surface area contributed by atoms with Crippen molar-refractivity contribution in [3.63, 3.8) is 0 Å². The van der Waals surface area contributed by atoms with Crippen molar-refractivity contribution >= 4 is 11.8 Å². The first kappa shape index (κ1) is 30.4. The summed E-state index contributed by atoms with van der Waals surface area (Å²) in [6.07, 6.45) is 1.56. The molecule has 0 bridgehead atoms. The molecular formula is C38H41N3O4. The van der Waals surface area contributed by atoms with Crippen LogP contribution in [0.2, 0.25) is 0 Å². The molecule has 0 unspecified atom stereocenters. The lowest BCUT2D eigenvalue weighted by molar-refractivity contribution is -0.136. The molecule has 4 aromatic rings. The summed E-state index contributed by atoms with van der Waals surface area (Å²) in [7, 11) is 3.34. The molecular weight excluding hydrogens is 562 g/mol. The highest BCUT2D eigenvalue weighted by molar-refractivity contribution is 5.82. The number of ether oxygens (including phenoxy) is 2. The summed E-state index contributed by atoms with van der Waals surface area (Å²) in [6.45, 7) is 3.13. The first-order valence-electron chi connectivity index (χ1n) is 15.7. The average molecular weight is 604 g/mol. The molecule has 0 fully saturated rings. The summed E-state index contributed by atoms with van der Waals surface area (Å²) in [5.74, 6) is 1.66. The molecule has 4 aromatic carbocycles. The van der Waals surface area contributed by atoms with Gasteiger partial charge in [-0.05, 0) is 47.2 Å². The van der Waals surface area contributed by atoms with E-state index >= 15 is 0 Å². The van der Waals surface area contributed by atoms with Gasteiger partial charge < -0.3 is 19.3 Å². The zero-order valence-corrected chi connectivity index (χ0v) is 26.2. The Hall–Kier alpha value is -4.62. The Labute approximate surface area is 266 Å². The van der Waals surface area contributed by atoms with Crippen molar-refractivity contribution in [3.8, 4) is 11.5 Å². The minimum Gasteiger partial charge on any atom is -0.496 e. The maximum atomic E-state index is 14.0. The number of hydrogen-bond acceptors (Lipinski definition) is 5. The standard InChI is InChI=1S/C38H41N3O4/c1-44-35-17-9-15-30-19-21-40(24-33(30)35)37(42)26-39(23-32(28-11-5-3-6-12-28)29-13-7-4-8-14-29)27-38(43)41-22-20-31-16-10-18-36(45-2)34(31)25-41/h3-18,32H,19-27H2,1-2H3. The molecule has 0 atom stereocenters. The highest BCUT2D eigenvalue weighted by atomic mass is 16.5. The van der Waals surface area contributed by atoms with E-state index in [0.29, 0.717) is 32.7 Å². The van der Waals surface area contributed by atoms with E-state index in [0.717, 1.165) is 46.6 Å². The summed E-state index contributed by atoms with van der Waals surface area (Å²) in [5, 5.41) is 0. The minimum atomic E-state index is -0.00245. The summed E-state index contributed by atoms with van der Waals surface area (Å²) >= 11 is 0. The molecule has 0 saturated heterocycles. The Morgan fingerprint density at radius 1 is 0.644 bits per heavy atom. The third-order valence-electron chi connectivity index (χ3n) is 9.17. The fraction of sp³-hybridized carbons (Fsp3) is 0.316. The van der Waals surface area contributed by atoms with Gasteiger partial charge in [0.25, 0.3) is 0 Å². The van der Waals surface area contributed by atoms with Gasteiger partial charge >= 0.3 is 0 Å². The van der Waals surface area contributed by atoms with Gasteiger partial charge in [0.2, 0.25) is 11.8 Å². The molecule has 45 heavy (non-hydrogen) atoms. The smallest absolute Gasteiger partial charge is 0.237 e. The predicted octanol–water partition coefficient (Wildman–Crippen LogP) is 5.31. The summed E-state index contributed by atoms with van der Waals surface area (Å²) in [5.41, 5.74) is 6.88. The Balaban J connectivity index is 1.25. The van der Waals surface area contributed by atoms with Crippen LogP contribution >= 0.6 is 0 Å². The second kappa shape index (κ2) is 14.0. The number of fused-ring (bicyclic) bond motifs is 2. The monoisotopic (exact) mass is 603 g/mol. The normalized spacial score (nSPS) is 14.2. The van der Waals surface area contributed by atoms with Crippen molar-refractivity contribution in [3.05, 3.63) is 130 Å². The van der Waals surface area contributed by atoms with Crippen molar-refractivity contribution in [1.82, 2.24) is 14.7 Å². The summed E-state index contributed by atoms with van der Waals surface area (Å²) < 4.78 is 11.3. The number of amides is 2. The Bertz CT molecular complexity index is 1480. The van der Waals surface area contributed by atoms with E-state index in [9.17, 15) is 9.59 Å². The average Bonchev–Trinajstić information content (AvgIpc) is 3.10. The van der Waals surface area contributed by atoms with Gasteiger partial charge in [0.05, 0.1) is 27.3 Å². The number of rotatable bonds is 10. The number of hydrogen-bond donors (Lipinski definition) is 0. The van der Waals surface area contributed by atoms with E-state index in [-0.39, 0.29) is 30.8 Å². The maximum Gasteiger partial charge on any atom is 0.237 e. The lowest BCUT2D eigenvalue weighted by Gasteiger charge is -2.35. The maximum absolute atomic E-state index is 14.0. The molecule has 2 aliphatic rings. The van der Waals surface area contributed by atoms with Gasteiger partial charge in [-0.2, -0.15) is 0 Å². The lowest BCUT2D eigenvalue weighted by Crippen LogP contribution is -2.48. The first-order chi connectivity index (χ1) is 22.0. The van der Waals surface area contributed by atoms with Crippen LogP contribution in [0.5, 0.6) is 11.5 Å². The van der Waals surface area contributed by atoms with Gasteiger partial charge in [0.1, 0.15) is 11.5 Å².